The van der Waals surface area contributed by atoms with Crippen molar-refractivity contribution in [3.8, 4) is 0 Å². The maximum absolute atomic E-state index is 13.2. The normalized spacial score (nSPS) is 10.5. The summed E-state index contributed by atoms with van der Waals surface area (Å²) in [6.45, 7) is 0. The number of anilines is 2. The molecule has 0 saturated heterocycles. The zero-order chi connectivity index (χ0) is 16.4. The summed E-state index contributed by atoms with van der Waals surface area (Å²) in [4.78, 5) is 24.4. The number of carbonyl (C=O) groups excluding carboxylic acids is 1. The van der Waals surface area contributed by atoms with E-state index in [-0.39, 0.29) is 11.3 Å². The number of halogens is 1. The summed E-state index contributed by atoms with van der Waals surface area (Å²) in [5.41, 5.74) is 0.269. The number of para-hydroxylation sites is 1. The van der Waals surface area contributed by atoms with Gasteiger partial charge in [0.05, 0.1) is 5.69 Å². The standard InChI is InChI=1S/C17H13FN2O3/c1-19-14-12-7-2-3-8-13(12)23-17(22)15(14)20-16(21)10-5-4-6-11(18)9-10/h2-9,19H,1H3,(H,20,21). The van der Waals surface area contributed by atoms with Crippen molar-refractivity contribution < 1.29 is 13.6 Å². The lowest BCUT2D eigenvalue weighted by Crippen LogP contribution is -2.19. The molecule has 2 N–H and O–H groups in total. The smallest absolute Gasteiger partial charge is 0.362 e. The van der Waals surface area contributed by atoms with E-state index in [9.17, 15) is 14.0 Å². The number of rotatable bonds is 3. The van der Waals surface area contributed by atoms with Crippen LogP contribution in [0.4, 0.5) is 15.8 Å². The molecule has 0 fully saturated rings. The predicted octanol–water partition coefficient (Wildman–Crippen LogP) is 3.23. The Kier molecular flexibility index (Phi) is 3.80. The maximum atomic E-state index is 13.2. The molecule has 1 heterocycles. The van der Waals surface area contributed by atoms with E-state index in [2.05, 4.69) is 10.6 Å². The van der Waals surface area contributed by atoms with Crippen molar-refractivity contribution in [1.82, 2.24) is 0 Å². The van der Waals surface area contributed by atoms with Crippen LogP contribution in [0.15, 0.2) is 57.7 Å². The third-order valence-corrected chi connectivity index (χ3v) is 3.39. The van der Waals surface area contributed by atoms with Crippen LogP contribution in [0.5, 0.6) is 0 Å². The molecule has 0 radical (unpaired) electrons. The van der Waals surface area contributed by atoms with Gasteiger partial charge in [0.25, 0.3) is 5.91 Å². The molecule has 23 heavy (non-hydrogen) atoms. The average Bonchev–Trinajstić information content (AvgIpc) is 2.55. The van der Waals surface area contributed by atoms with Crippen LogP contribution in [-0.2, 0) is 0 Å². The molecule has 116 valence electrons. The van der Waals surface area contributed by atoms with Crippen LogP contribution in [0.2, 0.25) is 0 Å². The lowest BCUT2D eigenvalue weighted by molar-refractivity contribution is 0.102. The van der Waals surface area contributed by atoms with Gasteiger partial charge in [0.2, 0.25) is 0 Å². The first kappa shape index (κ1) is 14.8. The Hall–Kier alpha value is -3.15. The van der Waals surface area contributed by atoms with Crippen molar-refractivity contribution in [2.45, 2.75) is 0 Å². The van der Waals surface area contributed by atoms with Gasteiger partial charge in [-0.25, -0.2) is 9.18 Å². The Morgan fingerprint density at radius 3 is 2.61 bits per heavy atom. The molecule has 0 aliphatic rings. The quantitative estimate of drug-likeness (QED) is 0.728. The van der Waals surface area contributed by atoms with Gasteiger partial charge in [-0.15, -0.1) is 0 Å². The number of benzene rings is 2. The van der Waals surface area contributed by atoms with Gasteiger partial charge in [-0.3, -0.25) is 4.79 Å². The van der Waals surface area contributed by atoms with Crippen LogP contribution in [0, 0.1) is 5.82 Å². The molecule has 5 nitrogen and oxygen atoms in total. The molecular formula is C17H13FN2O3. The first-order valence-electron chi connectivity index (χ1n) is 6.90. The van der Waals surface area contributed by atoms with Gasteiger partial charge < -0.3 is 15.1 Å². The van der Waals surface area contributed by atoms with Crippen LogP contribution in [0.1, 0.15) is 10.4 Å². The zero-order valence-electron chi connectivity index (χ0n) is 12.2. The van der Waals surface area contributed by atoms with Crippen LogP contribution < -0.4 is 16.3 Å². The van der Waals surface area contributed by atoms with Gasteiger partial charge in [-0.05, 0) is 30.3 Å². The Morgan fingerprint density at radius 1 is 1.09 bits per heavy atom. The largest absolute Gasteiger partial charge is 0.421 e. The molecule has 0 atom stereocenters. The van der Waals surface area contributed by atoms with E-state index >= 15 is 0 Å². The van der Waals surface area contributed by atoms with E-state index in [0.29, 0.717) is 16.7 Å². The number of hydrogen-bond donors (Lipinski definition) is 2. The first-order chi connectivity index (χ1) is 11.1. The van der Waals surface area contributed by atoms with Crippen molar-refractivity contribution in [1.29, 1.82) is 0 Å². The van der Waals surface area contributed by atoms with Crippen LogP contribution in [0.3, 0.4) is 0 Å². The topological polar surface area (TPSA) is 71.3 Å². The number of nitrogens with one attached hydrogen (secondary N) is 2. The van der Waals surface area contributed by atoms with Gasteiger partial charge in [-0.1, -0.05) is 18.2 Å². The van der Waals surface area contributed by atoms with E-state index in [4.69, 9.17) is 4.42 Å². The zero-order valence-corrected chi connectivity index (χ0v) is 12.2. The third kappa shape index (κ3) is 2.78. The second-order valence-electron chi connectivity index (χ2n) is 4.85. The van der Waals surface area contributed by atoms with Crippen molar-refractivity contribution >= 4 is 28.3 Å². The third-order valence-electron chi connectivity index (χ3n) is 3.39. The minimum absolute atomic E-state index is 0.0135. The summed E-state index contributed by atoms with van der Waals surface area (Å²) in [7, 11) is 1.64. The fourth-order valence-electron chi connectivity index (χ4n) is 2.34. The van der Waals surface area contributed by atoms with Crippen molar-refractivity contribution in [2.24, 2.45) is 0 Å². The highest BCUT2D eigenvalue weighted by Crippen LogP contribution is 2.28. The van der Waals surface area contributed by atoms with Gasteiger partial charge in [-0.2, -0.15) is 0 Å². The van der Waals surface area contributed by atoms with Gasteiger partial charge in [0, 0.05) is 18.0 Å². The molecule has 1 amide bonds. The Morgan fingerprint density at radius 2 is 1.87 bits per heavy atom. The minimum atomic E-state index is -0.683. The highest BCUT2D eigenvalue weighted by molar-refractivity contribution is 6.08. The Bertz CT molecular complexity index is 950. The molecule has 1 aromatic heterocycles. The molecule has 0 spiro atoms. The summed E-state index contributed by atoms with van der Waals surface area (Å²) in [6.07, 6.45) is 0. The fraction of sp³-hybridized carbons (Fsp3) is 0.0588. The summed E-state index contributed by atoms with van der Waals surface area (Å²) >= 11 is 0. The van der Waals surface area contributed by atoms with E-state index in [1.165, 1.54) is 18.2 Å². The van der Waals surface area contributed by atoms with Crippen LogP contribution in [0.25, 0.3) is 11.0 Å². The van der Waals surface area contributed by atoms with Crippen LogP contribution in [-0.4, -0.2) is 13.0 Å². The van der Waals surface area contributed by atoms with Crippen molar-refractivity contribution in [2.75, 3.05) is 17.7 Å². The van der Waals surface area contributed by atoms with E-state index in [0.717, 1.165) is 6.07 Å². The van der Waals surface area contributed by atoms with Crippen molar-refractivity contribution in [3.63, 3.8) is 0 Å². The number of amides is 1. The summed E-state index contributed by atoms with van der Waals surface area (Å²) in [5, 5.41) is 6.05. The number of fused-ring (bicyclic) bond motifs is 1. The lowest BCUT2D eigenvalue weighted by atomic mass is 10.1. The second kappa shape index (κ2) is 5.92. The van der Waals surface area contributed by atoms with Gasteiger partial charge in [0.1, 0.15) is 11.4 Å². The predicted molar refractivity (Wildman–Crippen MR) is 86.4 cm³/mol. The van der Waals surface area contributed by atoms with Gasteiger partial charge in [0.15, 0.2) is 5.69 Å². The molecule has 2 aromatic carbocycles. The van der Waals surface area contributed by atoms with E-state index in [1.54, 1.807) is 31.3 Å². The minimum Gasteiger partial charge on any atom is -0.421 e. The average molecular weight is 312 g/mol. The Balaban J connectivity index is 2.08. The maximum Gasteiger partial charge on any atom is 0.362 e. The fourth-order valence-corrected chi connectivity index (χ4v) is 2.34. The molecule has 0 aliphatic carbocycles. The summed E-state index contributed by atoms with van der Waals surface area (Å²) < 4.78 is 18.4. The number of hydrogen-bond acceptors (Lipinski definition) is 4. The van der Waals surface area contributed by atoms with Crippen molar-refractivity contribution in [3.05, 3.63) is 70.3 Å². The highest BCUT2D eigenvalue weighted by atomic mass is 19.1. The molecule has 3 rings (SSSR count). The molecule has 6 heteroatoms. The second-order valence-corrected chi connectivity index (χ2v) is 4.85. The molecule has 0 saturated carbocycles. The van der Waals surface area contributed by atoms with Gasteiger partial charge >= 0.3 is 5.63 Å². The molecule has 0 aliphatic heterocycles. The molecule has 0 unspecified atom stereocenters. The SMILES string of the molecule is CNc1c(NC(=O)c2cccc(F)c2)c(=O)oc2ccccc12. The molecular weight excluding hydrogens is 299 g/mol. The molecule has 3 aromatic rings. The number of carbonyl (C=O) groups is 1. The summed E-state index contributed by atoms with van der Waals surface area (Å²) in [6, 6.07) is 12.2. The Labute approximate surface area is 130 Å². The van der Waals surface area contributed by atoms with E-state index in [1.807, 2.05) is 0 Å². The lowest BCUT2D eigenvalue weighted by Gasteiger charge is -2.12. The first-order valence-corrected chi connectivity index (χ1v) is 6.90. The van der Waals surface area contributed by atoms with E-state index < -0.39 is 17.3 Å². The summed E-state index contributed by atoms with van der Waals surface area (Å²) in [5.74, 6) is -1.12. The molecule has 0 bridgehead atoms. The monoisotopic (exact) mass is 312 g/mol. The highest BCUT2D eigenvalue weighted by Gasteiger charge is 2.17. The van der Waals surface area contributed by atoms with Crippen LogP contribution >= 0.6 is 0 Å².